The summed E-state index contributed by atoms with van der Waals surface area (Å²) in [6.45, 7) is 10.5. The zero-order valence-corrected chi connectivity index (χ0v) is 16.7. The number of nitrogens with one attached hydrogen (secondary N) is 1. The largest absolute Gasteiger partial charge is 0.490 e. The summed E-state index contributed by atoms with van der Waals surface area (Å²) >= 11 is 0. The molecule has 28 heavy (non-hydrogen) atoms. The fourth-order valence-corrected chi connectivity index (χ4v) is 3.74. The van der Waals surface area contributed by atoms with E-state index < -0.39 is 0 Å². The number of ether oxygens (including phenoxy) is 2. The molecule has 150 valence electrons. The fraction of sp³-hybridized carbons (Fsp3) is 0.524. The lowest BCUT2D eigenvalue weighted by atomic mass is 10.1. The van der Waals surface area contributed by atoms with Crippen LogP contribution in [0.3, 0.4) is 0 Å². The van der Waals surface area contributed by atoms with Crippen LogP contribution in [0.1, 0.15) is 31.9 Å². The quantitative estimate of drug-likeness (QED) is 0.852. The molecule has 0 radical (unpaired) electrons. The monoisotopic (exact) mass is 383 g/mol. The van der Waals surface area contributed by atoms with E-state index in [-0.39, 0.29) is 0 Å². The Kier molecular flexibility index (Phi) is 5.81. The van der Waals surface area contributed by atoms with E-state index in [1.54, 1.807) is 0 Å². The molecule has 1 saturated heterocycles. The normalized spacial score (nSPS) is 18.4. The second-order valence-corrected chi connectivity index (χ2v) is 7.26. The zero-order valence-electron chi connectivity index (χ0n) is 16.7. The van der Waals surface area contributed by atoms with E-state index in [0.717, 1.165) is 75.5 Å². The molecule has 0 spiro atoms. The summed E-state index contributed by atoms with van der Waals surface area (Å²) in [6.07, 6.45) is 4.65. The number of benzene rings is 1. The molecule has 1 fully saturated rings. The van der Waals surface area contributed by atoms with Crippen LogP contribution >= 0.6 is 0 Å². The Labute approximate surface area is 166 Å². The molecule has 0 saturated carbocycles. The van der Waals surface area contributed by atoms with Crippen LogP contribution in [0.5, 0.6) is 11.5 Å². The molecule has 1 atom stereocenters. The standard InChI is InChI=1S/C21H29N5O2/c1-3-22-18-14-23-21(24-15-18)26-9-7-25(8-10-26)16(2)17-5-6-19-20(13-17)28-12-4-11-27-19/h5-6,13-16,22H,3-4,7-12H2,1-2H3. The van der Waals surface area contributed by atoms with Gasteiger partial charge in [0.2, 0.25) is 5.95 Å². The van der Waals surface area contributed by atoms with Crippen molar-refractivity contribution in [2.45, 2.75) is 26.3 Å². The van der Waals surface area contributed by atoms with Crippen molar-refractivity contribution in [2.75, 3.05) is 56.2 Å². The first-order valence-corrected chi connectivity index (χ1v) is 10.2. The highest BCUT2D eigenvalue weighted by Gasteiger charge is 2.24. The molecule has 1 N–H and O–H groups in total. The summed E-state index contributed by atoms with van der Waals surface area (Å²) in [7, 11) is 0. The van der Waals surface area contributed by atoms with Gasteiger partial charge < -0.3 is 19.7 Å². The Bertz CT molecular complexity index is 775. The van der Waals surface area contributed by atoms with E-state index >= 15 is 0 Å². The van der Waals surface area contributed by atoms with Crippen LogP contribution in [-0.2, 0) is 0 Å². The highest BCUT2D eigenvalue weighted by atomic mass is 16.5. The summed E-state index contributed by atoms with van der Waals surface area (Å²) in [5.41, 5.74) is 2.23. The van der Waals surface area contributed by atoms with Gasteiger partial charge in [0.15, 0.2) is 11.5 Å². The maximum absolute atomic E-state index is 5.86. The van der Waals surface area contributed by atoms with Gasteiger partial charge in [-0.3, -0.25) is 4.90 Å². The van der Waals surface area contributed by atoms with Crippen LogP contribution in [0.2, 0.25) is 0 Å². The van der Waals surface area contributed by atoms with Crippen LogP contribution in [0, 0.1) is 0 Å². The molecule has 4 rings (SSSR count). The fourth-order valence-electron chi connectivity index (χ4n) is 3.74. The van der Waals surface area contributed by atoms with Crippen molar-refractivity contribution in [3.63, 3.8) is 0 Å². The van der Waals surface area contributed by atoms with E-state index in [1.807, 2.05) is 18.5 Å². The summed E-state index contributed by atoms with van der Waals surface area (Å²) in [6, 6.07) is 6.67. The van der Waals surface area contributed by atoms with E-state index in [1.165, 1.54) is 5.56 Å². The third-order valence-corrected chi connectivity index (χ3v) is 5.42. The van der Waals surface area contributed by atoms with Gasteiger partial charge in [-0.05, 0) is 31.5 Å². The number of hydrogen-bond donors (Lipinski definition) is 1. The van der Waals surface area contributed by atoms with Crippen molar-refractivity contribution >= 4 is 11.6 Å². The van der Waals surface area contributed by atoms with Gasteiger partial charge in [0.05, 0.1) is 31.3 Å². The summed E-state index contributed by atoms with van der Waals surface area (Å²) in [5, 5.41) is 3.23. The first-order chi connectivity index (χ1) is 13.7. The molecular formula is C21H29N5O2. The summed E-state index contributed by atoms with van der Waals surface area (Å²) in [5.74, 6) is 2.54. The predicted octanol–water partition coefficient (Wildman–Crippen LogP) is 2.95. The third kappa shape index (κ3) is 4.14. The van der Waals surface area contributed by atoms with Gasteiger partial charge in [-0.2, -0.15) is 0 Å². The van der Waals surface area contributed by atoms with E-state index in [4.69, 9.17) is 9.47 Å². The van der Waals surface area contributed by atoms with E-state index in [2.05, 4.69) is 51.1 Å². The van der Waals surface area contributed by atoms with Crippen LogP contribution in [0.4, 0.5) is 11.6 Å². The van der Waals surface area contributed by atoms with Crippen molar-refractivity contribution < 1.29 is 9.47 Å². The second kappa shape index (κ2) is 8.65. The van der Waals surface area contributed by atoms with Crippen molar-refractivity contribution in [1.82, 2.24) is 14.9 Å². The Morgan fingerprint density at radius 2 is 1.75 bits per heavy atom. The van der Waals surface area contributed by atoms with Crippen molar-refractivity contribution in [2.24, 2.45) is 0 Å². The number of anilines is 2. The number of hydrogen-bond acceptors (Lipinski definition) is 7. The average molecular weight is 383 g/mol. The molecule has 3 heterocycles. The van der Waals surface area contributed by atoms with Crippen LogP contribution in [0.25, 0.3) is 0 Å². The lowest BCUT2D eigenvalue weighted by Gasteiger charge is -2.38. The first-order valence-electron chi connectivity index (χ1n) is 10.2. The van der Waals surface area contributed by atoms with E-state index in [9.17, 15) is 0 Å². The van der Waals surface area contributed by atoms with Gasteiger partial charge >= 0.3 is 0 Å². The molecule has 2 aliphatic heterocycles. The highest BCUT2D eigenvalue weighted by molar-refractivity contribution is 5.45. The molecule has 2 aliphatic rings. The van der Waals surface area contributed by atoms with Crippen LogP contribution in [0.15, 0.2) is 30.6 Å². The zero-order chi connectivity index (χ0) is 19.3. The molecular weight excluding hydrogens is 354 g/mol. The maximum Gasteiger partial charge on any atom is 0.225 e. The molecule has 0 aliphatic carbocycles. The average Bonchev–Trinajstić information content (AvgIpc) is 2.99. The Hall–Kier alpha value is -2.54. The molecule has 1 aromatic heterocycles. The predicted molar refractivity (Wildman–Crippen MR) is 110 cm³/mol. The lowest BCUT2D eigenvalue weighted by molar-refractivity contribution is 0.197. The van der Waals surface area contributed by atoms with Gasteiger partial charge in [-0.1, -0.05) is 6.07 Å². The number of piperazine rings is 1. The van der Waals surface area contributed by atoms with Crippen molar-refractivity contribution in [3.05, 3.63) is 36.2 Å². The minimum Gasteiger partial charge on any atom is -0.490 e. The third-order valence-electron chi connectivity index (χ3n) is 5.42. The number of aromatic nitrogens is 2. The minimum atomic E-state index is 0.330. The Balaban J connectivity index is 1.37. The Morgan fingerprint density at radius 3 is 2.46 bits per heavy atom. The van der Waals surface area contributed by atoms with Gasteiger partial charge in [0, 0.05) is 45.2 Å². The molecule has 7 nitrogen and oxygen atoms in total. The van der Waals surface area contributed by atoms with Crippen molar-refractivity contribution in [3.8, 4) is 11.5 Å². The van der Waals surface area contributed by atoms with Gasteiger partial charge in [-0.15, -0.1) is 0 Å². The molecule has 1 unspecified atom stereocenters. The Morgan fingerprint density at radius 1 is 1.04 bits per heavy atom. The van der Waals surface area contributed by atoms with E-state index in [0.29, 0.717) is 6.04 Å². The maximum atomic E-state index is 5.86. The highest BCUT2D eigenvalue weighted by Crippen LogP contribution is 2.34. The molecule has 0 amide bonds. The minimum absolute atomic E-state index is 0.330. The van der Waals surface area contributed by atoms with Gasteiger partial charge in [-0.25, -0.2) is 9.97 Å². The molecule has 7 heteroatoms. The SMILES string of the molecule is CCNc1cnc(N2CCN(C(C)c3ccc4c(c3)OCCCO4)CC2)nc1. The lowest BCUT2D eigenvalue weighted by Crippen LogP contribution is -2.47. The number of fused-ring (bicyclic) bond motifs is 1. The first kappa shape index (κ1) is 18.8. The van der Waals surface area contributed by atoms with Crippen molar-refractivity contribution in [1.29, 1.82) is 0 Å². The van der Waals surface area contributed by atoms with Crippen LogP contribution < -0.4 is 19.7 Å². The number of nitrogens with zero attached hydrogens (tertiary/aromatic N) is 4. The van der Waals surface area contributed by atoms with Gasteiger partial charge in [0.25, 0.3) is 0 Å². The molecule has 1 aromatic carbocycles. The number of rotatable bonds is 5. The topological polar surface area (TPSA) is 62.8 Å². The molecule has 0 bridgehead atoms. The molecule has 2 aromatic rings. The summed E-state index contributed by atoms with van der Waals surface area (Å²) in [4.78, 5) is 13.8. The van der Waals surface area contributed by atoms with Crippen LogP contribution in [-0.4, -0.2) is 60.8 Å². The van der Waals surface area contributed by atoms with Gasteiger partial charge in [0.1, 0.15) is 0 Å². The smallest absolute Gasteiger partial charge is 0.225 e. The summed E-state index contributed by atoms with van der Waals surface area (Å²) < 4.78 is 11.6. The second-order valence-electron chi connectivity index (χ2n) is 7.26.